The van der Waals surface area contributed by atoms with E-state index in [0.29, 0.717) is 5.56 Å². The number of carbonyl (C=O) groups is 2. The third kappa shape index (κ3) is 5.72. The van der Waals surface area contributed by atoms with Gasteiger partial charge >= 0.3 is 29.6 Å². The number of anilines is 2. The zero-order chi connectivity index (χ0) is 23.2. The molecule has 7 heteroatoms. The van der Waals surface area contributed by atoms with E-state index in [0.717, 1.165) is 34.5 Å². The summed E-state index contributed by atoms with van der Waals surface area (Å²) in [5.41, 5.74) is 4.68. The molecule has 6 nitrogen and oxygen atoms in total. The van der Waals surface area contributed by atoms with Crippen molar-refractivity contribution in [2.75, 3.05) is 17.2 Å². The Morgan fingerprint density at radius 3 is 2.29 bits per heavy atom. The summed E-state index contributed by atoms with van der Waals surface area (Å²) in [4.78, 5) is 28.9. The molecule has 4 rings (SSSR count). The van der Waals surface area contributed by atoms with Gasteiger partial charge in [-0.25, -0.2) is 0 Å². The van der Waals surface area contributed by atoms with Gasteiger partial charge in [0, 0.05) is 41.3 Å². The molecule has 0 radical (unpaired) electrons. The van der Waals surface area contributed by atoms with Crippen molar-refractivity contribution in [3.05, 3.63) is 102 Å². The molecule has 0 spiro atoms. The first-order chi connectivity index (χ1) is 16.1. The van der Waals surface area contributed by atoms with Crippen LogP contribution in [0.1, 0.15) is 27.6 Å². The number of carboxylic acid groups (broad SMARTS) is 1. The quantitative estimate of drug-likeness (QED) is 0.408. The molecular formula is C27H22N3NaO3. The van der Waals surface area contributed by atoms with E-state index in [1.165, 1.54) is 12.3 Å². The minimum Gasteiger partial charge on any atom is -0.545 e. The standard InChI is InChI=1S/C27H23N3O3.Na/c1-2-29-24-11-7-6-10-22(24)19-12-13-23(27(32)33)25(15-19)30-26(31)21-14-20(16-28-17-21)18-8-4-3-5-9-18;/h3-17,29H,2H2,1H3,(H,30,31)(H,32,33);/q;+1/p-1. The van der Waals surface area contributed by atoms with Crippen molar-refractivity contribution in [1.29, 1.82) is 0 Å². The molecule has 3 aromatic carbocycles. The number of aromatic nitrogens is 1. The van der Waals surface area contributed by atoms with Crippen LogP contribution in [0.3, 0.4) is 0 Å². The van der Waals surface area contributed by atoms with Gasteiger partial charge in [-0.1, -0.05) is 60.7 Å². The van der Waals surface area contributed by atoms with Gasteiger partial charge in [0.25, 0.3) is 5.91 Å². The molecule has 0 unspecified atom stereocenters. The number of pyridine rings is 1. The van der Waals surface area contributed by atoms with Crippen molar-refractivity contribution >= 4 is 23.3 Å². The van der Waals surface area contributed by atoms with Crippen LogP contribution < -0.4 is 45.3 Å². The number of nitrogens with zero attached hydrogens (tertiary/aromatic N) is 1. The van der Waals surface area contributed by atoms with Crippen LogP contribution >= 0.6 is 0 Å². The summed E-state index contributed by atoms with van der Waals surface area (Å²) in [5.74, 6) is -1.83. The van der Waals surface area contributed by atoms with E-state index in [4.69, 9.17) is 0 Å². The Kier molecular flexibility index (Phi) is 8.60. The molecule has 0 saturated carbocycles. The first kappa shape index (κ1) is 25.2. The molecule has 4 aromatic rings. The average molecular weight is 459 g/mol. The van der Waals surface area contributed by atoms with Gasteiger partial charge in [-0.2, -0.15) is 0 Å². The summed E-state index contributed by atoms with van der Waals surface area (Å²) in [6.45, 7) is 2.74. The Morgan fingerprint density at radius 1 is 0.824 bits per heavy atom. The fourth-order valence-corrected chi connectivity index (χ4v) is 3.62. The van der Waals surface area contributed by atoms with Crippen molar-refractivity contribution in [2.45, 2.75) is 6.92 Å². The van der Waals surface area contributed by atoms with Crippen LogP contribution in [0.15, 0.2) is 91.3 Å². The summed E-state index contributed by atoms with van der Waals surface area (Å²) < 4.78 is 0. The molecule has 0 fully saturated rings. The molecule has 0 bridgehead atoms. The van der Waals surface area contributed by atoms with Gasteiger partial charge in [-0.15, -0.1) is 0 Å². The Bertz CT molecular complexity index is 1310. The van der Waals surface area contributed by atoms with Gasteiger partial charge in [-0.3, -0.25) is 9.78 Å². The van der Waals surface area contributed by atoms with Crippen LogP contribution in [0.5, 0.6) is 0 Å². The summed E-state index contributed by atoms with van der Waals surface area (Å²) in [5, 5.41) is 17.7. The fraction of sp³-hybridized carbons (Fsp3) is 0.0741. The molecular weight excluding hydrogens is 437 g/mol. The Morgan fingerprint density at radius 2 is 1.56 bits per heavy atom. The largest absolute Gasteiger partial charge is 1.00 e. The maximum atomic E-state index is 13.0. The SMILES string of the molecule is CCNc1ccccc1-c1ccc(C(=O)[O-])c(NC(=O)c2cncc(-c3ccccc3)c2)c1.[Na+]. The molecule has 0 atom stereocenters. The maximum absolute atomic E-state index is 13.0. The number of nitrogens with one attached hydrogen (secondary N) is 2. The molecule has 1 aromatic heterocycles. The van der Waals surface area contributed by atoms with E-state index >= 15 is 0 Å². The van der Waals surface area contributed by atoms with E-state index < -0.39 is 11.9 Å². The monoisotopic (exact) mass is 459 g/mol. The number of benzene rings is 3. The third-order valence-corrected chi connectivity index (χ3v) is 5.20. The van der Waals surface area contributed by atoms with Crippen LogP contribution in [0.25, 0.3) is 22.3 Å². The number of para-hydroxylation sites is 1. The maximum Gasteiger partial charge on any atom is 1.00 e. The normalized spacial score (nSPS) is 10.1. The van der Waals surface area contributed by atoms with E-state index in [2.05, 4.69) is 15.6 Å². The van der Waals surface area contributed by atoms with Crippen LogP contribution in [-0.2, 0) is 0 Å². The summed E-state index contributed by atoms with van der Waals surface area (Å²) in [6, 6.07) is 23.8. The van der Waals surface area contributed by atoms with Crippen LogP contribution in [0, 0.1) is 0 Å². The topological polar surface area (TPSA) is 94.1 Å². The first-order valence-corrected chi connectivity index (χ1v) is 10.6. The number of carbonyl (C=O) groups excluding carboxylic acids is 2. The van der Waals surface area contributed by atoms with E-state index in [-0.39, 0.29) is 40.8 Å². The van der Waals surface area contributed by atoms with E-state index in [1.54, 1.807) is 24.4 Å². The predicted octanol–water partition coefficient (Wildman–Crippen LogP) is 1.47. The van der Waals surface area contributed by atoms with Gasteiger partial charge in [0.1, 0.15) is 0 Å². The first-order valence-electron chi connectivity index (χ1n) is 10.6. The number of amides is 1. The molecule has 0 saturated heterocycles. The van der Waals surface area contributed by atoms with Crippen molar-refractivity contribution in [1.82, 2.24) is 4.98 Å². The smallest absolute Gasteiger partial charge is 0.545 e. The fourth-order valence-electron chi connectivity index (χ4n) is 3.62. The molecule has 0 aliphatic rings. The molecule has 1 heterocycles. The second-order valence-electron chi connectivity index (χ2n) is 7.41. The Hall–Kier alpha value is -3.45. The molecule has 0 aliphatic heterocycles. The minimum absolute atomic E-state index is 0. The zero-order valence-electron chi connectivity index (χ0n) is 19.0. The van der Waals surface area contributed by atoms with Crippen molar-refractivity contribution in [3.63, 3.8) is 0 Å². The average Bonchev–Trinajstić information content (AvgIpc) is 2.85. The second-order valence-corrected chi connectivity index (χ2v) is 7.41. The van der Waals surface area contributed by atoms with Gasteiger partial charge < -0.3 is 20.5 Å². The third-order valence-electron chi connectivity index (χ3n) is 5.20. The number of carboxylic acids is 1. The summed E-state index contributed by atoms with van der Waals surface area (Å²) >= 11 is 0. The molecule has 2 N–H and O–H groups in total. The Balaban J connectivity index is 0.00000324. The predicted molar refractivity (Wildman–Crippen MR) is 128 cm³/mol. The van der Waals surface area contributed by atoms with Gasteiger partial charge in [0.15, 0.2) is 0 Å². The number of rotatable bonds is 7. The van der Waals surface area contributed by atoms with Gasteiger partial charge in [-0.05, 0) is 36.2 Å². The molecule has 34 heavy (non-hydrogen) atoms. The summed E-state index contributed by atoms with van der Waals surface area (Å²) in [6.07, 6.45) is 3.13. The van der Waals surface area contributed by atoms with Gasteiger partial charge in [0.05, 0.1) is 17.2 Å². The van der Waals surface area contributed by atoms with E-state index in [1.807, 2.05) is 61.5 Å². The van der Waals surface area contributed by atoms with E-state index in [9.17, 15) is 14.7 Å². The molecule has 1 amide bonds. The zero-order valence-corrected chi connectivity index (χ0v) is 21.0. The van der Waals surface area contributed by atoms with Crippen molar-refractivity contribution < 1.29 is 44.3 Å². The van der Waals surface area contributed by atoms with Crippen LogP contribution in [0.4, 0.5) is 11.4 Å². The molecule has 164 valence electrons. The number of hydrogen-bond donors (Lipinski definition) is 2. The van der Waals surface area contributed by atoms with Crippen molar-refractivity contribution in [2.24, 2.45) is 0 Å². The van der Waals surface area contributed by atoms with Crippen LogP contribution in [-0.4, -0.2) is 23.4 Å². The summed E-state index contributed by atoms with van der Waals surface area (Å²) in [7, 11) is 0. The number of hydrogen-bond acceptors (Lipinski definition) is 5. The Labute approximate surface area is 220 Å². The number of aromatic carboxylic acids is 1. The molecule has 0 aliphatic carbocycles. The second kappa shape index (κ2) is 11.6. The minimum atomic E-state index is -1.37. The van der Waals surface area contributed by atoms with Gasteiger partial charge in [0.2, 0.25) is 0 Å². The van der Waals surface area contributed by atoms with Crippen LogP contribution in [0.2, 0.25) is 0 Å². The van der Waals surface area contributed by atoms with Crippen molar-refractivity contribution in [3.8, 4) is 22.3 Å².